The van der Waals surface area contributed by atoms with E-state index >= 15 is 0 Å². The van der Waals surface area contributed by atoms with Gasteiger partial charge in [0.1, 0.15) is 17.7 Å². The first-order valence-corrected chi connectivity index (χ1v) is 10.4. The number of aromatic nitrogens is 1. The summed E-state index contributed by atoms with van der Waals surface area (Å²) in [6.45, 7) is 4.19. The largest absolute Gasteiger partial charge is 0.488 e. The first-order chi connectivity index (χ1) is 15.0. The molecule has 31 heavy (non-hydrogen) atoms. The van der Waals surface area contributed by atoms with E-state index in [1.54, 1.807) is 6.07 Å². The molecule has 0 atom stereocenters. The molecule has 0 bridgehead atoms. The molecule has 0 saturated carbocycles. The molecule has 3 aromatic rings. The molecule has 1 fully saturated rings. The minimum Gasteiger partial charge on any atom is -0.488 e. The van der Waals surface area contributed by atoms with Crippen LogP contribution in [-0.2, 0) is 6.42 Å². The molecule has 0 aliphatic carbocycles. The van der Waals surface area contributed by atoms with Crippen molar-refractivity contribution in [2.75, 3.05) is 25.4 Å². The van der Waals surface area contributed by atoms with Crippen LogP contribution in [-0.4, -0.2) is 36.6 Å². The number of rotatable bonds is 4. The fourth-order valence-electron chi connectivity index (χ4n) is 4.04. The topological polar surface area (TPSA) is 89.3 Å². The molecule has 0 spiro atoms. The Morgan fingerprint density at radius 2 is 1.84 bits per heavy atom. The number of ether oxygens (including phenoxy) is 1. The number of carbonyl (C=O) groups excluding carboxylic acids is 1. The minimum absolute atomic E-state index is 0.0678. The van der Waals surface area contributed by atoms with Crippen molar-refractivity contribution < 1.29 is 13.9 Å². The van der Waals surface area contributed by atoms with Gasteiger partial charge >= 0.3 is 0 Å². The van der Waals surface area contributed by atoms with Crippen molar-refractivity contribution in [2.45, 2.75) is 19.4 Å². The van der Waals surface area contributed by atoms with Gasteiger partial charge in [0.05, 0.1) is 0 Å². The number of nitrogens with one attached hydrogen (secondary N) is 2. The Balaban J connectivity index is 1.53. The predicted octanol–water partition coefficient (Wildman–Crippen LogP) is 3.08. The number of pyridine rings is 1. The molecular weight excluding hydrogens is 395 g/mol. The number of anilines is 1. The number of nitrogen functional groups attached to an aromatic ring is 1. The molecular formula is C24H23FN4O2. The highest BCUT2D eigenvalue weighted by molar-refractivity contribution is 5.98. The molecule has 2 aliphatic rings. The van der Waals surface area contributed by atoms with Gasteiger partial charge in [0, 0.05) is 36.3 Å². The van der Waals surface area contributed by atoms with Crippen molar-refractivity contribution in [3.8, 4) is 28.0 Å². The number of aryl methyl sites for hydroxylation is 1. The highest BCUT2D eigenvalue weighted by Crippen LogP contribution is 2.35. The van der Waals surface area contributed by atoms with Crippen LogP contribution in [0.2, 0.25) is 0 Å². The zero-order valence-corrected chi connectivity index (χ0v) is 17.2. The third-order valence-corrected chi connectivity index (χ3v) is 5.88. The van der Waals surface area contributed by atoms with Crippen LogP contribution in [0.25, 0.3) is 22.3 Å². The van der Waals surface area contributed by atoms with Crippen molar-refractivity contribution in [1.29, 1.82) is 0 Å². The van der Waals surface area contributed by atoms with Crippen LogP contribution in [0.4, 0.5) is 10.2 Å². The van der Waals surface area contributed by atoms with E-state index in [1.165, 1.54) is 0 Å². The summed E-state index contributed by atoms with van der Waals surface area (Å²) in [4.78, 5) is 16.1. The molecule has 0 unspecified atom stereocenters. The molecule has 2 aliphatic heterocycles. The Kier molecular flexibility index (Phi) is 4.82. The zero-order valence-electron chi connectivity index (χ0n) is 17.2. The van der Waals surface area contributed by atoms with E-state index in [0.717, 1.165) is 42.0 Å². The van der Waals surface area contributed by atoms with E-state index in [1.807, 2.05) is 43.3 Å². The second kappa shape index (κ2) is 7.67. The van der Waals surface area contributed by atoms with Crippen LogP contribution >= 0.6 is 0 Å². The maximum atomic E-state index is 14.7. The van der Waals surface area contributed by atoms with Crippen LogP contribution in [0.3, 0.4) is 0 Å². The average molecular weight is 418 g/mol. The van der Waals surface area contributed by atoms with Gasteiger partial charge in [-0.3, -0.25) is 4.79 Å². The predicted molar refractivity (Wildman–Crippen MR) is 118 cm³/mol. The van der Waals surface area contributed by atoms with E-state index in [0.29, 0.717) is 28.8 Å². The summed E-state index contributed by atoms with van der Waals surface area (Å²) in [5, 5.41) is 6.02. The molecule has 3 heterocycles. The quantitative estimate of drug-likeness (QED) is 0.567. The molecule has 1 saturated heterocycles. The lowest BCUT2D eigenvalue weighted by atomic mass is 9.90. The smallest absolute Gasteiger partial charge is 0.251 e. The number of hydrogen-bond donors (Lipinski definition) is 3. The van der Waals surface area contributed by atoms with E-state index in [9.17, 15) is 9.18 Å². The molecule has 1 amide bonds. The molecule has 7 heteroatoms. The second-order valence-electron chi connectivity index (χ2n) is 8.01. The number of carbonyl (C=O) groups is 1. The molecule has 0 radical (unpaired) electrons. The Morgan fingerprint density at radius 1 is 1.06 bits per heavy atom. The van der Waals surface area contributed by atoms with Crippen molar-refractivity contribution >= 4 is 11.7 Å². The van der Waals surface area contributed by atoms with E-state index in [2.05, 4.69) is 15.6 Å². The monoisotopic (exact) mass is 418 g/mol. The Morgan fingerprint density at radius 3 is 2.55 bits per heavy atom. The highest BCUT2D eigenvalue weighted by Gasteiger charge is 2.21. The molecule has 6 nitrogen and oxygen atoms in total. The summed E-state index contributed by atoms with van der Waals surface area (Å²) < 4.78 is 20.6. The van der Waals surface area contributed by atoms with Crippen molar-refractivity contribution in [3.05, 3.63) is 65.1 Å². The van der Waals surface area contributed by atoms with Gasteiger partial charge in [0.25, 0.3) is 5.91 Å². The average Bonchev–Trinajstić information content (AvgIpc) is 2.72. The molecule has 5 rings (SSSR count). The fraction of sp³-hybridized carbons (Fsp3) is 0.250. The Hall–Kier alpha value is -3.45. The van der Waals surface area contributed by atoms with Gasteiger partial charge in [0.15, 0.2) is 0 Å². The Bertz CT molecular complexity index is 1170. The van der Waals surface area contributed by atoms with Crippen LogP contribution < -0.4 is 21.1 Å². The van der Waals surface area contributed by atoms with Crippen molar-refractivity contribution in [1.82, 2.24) is 15.6 Å². The molecule has 4 N–H and O–H groups in total. The van der Waals surface area contributed by atoms with Gasteiger partial charge in [-0.25, -0.2) is 4.98 Å². The SMILES string of the molecule is Cc1cc2c(cc1-c1cc(-c3ccc(OC4CNC4)cc3)c(F)nc1N)CCNC2=O. The number of benzene rings is 2. The van der Waals surface area contributed by atoms with Gasteiger partial charge in [-0.05, 0) is 65.9 Å². The lowest BCUT2D eigenvalue weighted by Crippen LogP contribution is -2.50. The van der Waals surface area contributed by atoms with E-state index in [4.69, 9.17) is 10.5 Å². The summed E-state index contributed by atoms with van der Waals surface area (Å²) in [5.41, 5.74) is 11.2. The summed E-state index contributed by atoms with van der Waals surface area (Å²) in [6, 6.07) is 12.9. The fourth-order valence-corrected chi connectivity index (χ4v) is 4.04. The number of nitrogens with two attached hydrogens (primary N) is 1. The van der Waals surface area contributed by atoms with E-state index in [-0.39, 0.29) is 17.8 Å². The van der Waals surface area contributed by atoms with Crippen molar-refractivity contribution in [2.24, 2.45) is 0 Å². The summed E-state index contributed by atoms with van der Waals surface area (Å²) in [5.74, 6) is 0.194. The lowest BCUT2D eigenvalue weighted by Gasteiger charge is -2.27. The second-order valence-corrected chi connectivity index (χ2v) is 8.01. The summed E-state index contributed by atoms with van der Waals surface area (Å²) in [7, 11) is 0. The van der Waals surface area contributed by atoms with Gasteiger partial charge in [-0.2, -0.15) is 4.39 Å². The molecule has 1 aromatic heterocycles. The normalized spacial score (nSPS) is 15.7. The van der Waals surface area contributed by atoms with Crippen molar-refractivity contribution in [3.63, 3.8) is 0 Å². The molecule has 158 valence electrons. The van der Waals surface area contributed by atoms with Crippen LogP contribution in [0.1, 0.15) is 21.5 Å². The van der Waals surface area contributed by atoms with Crippen LogP contribution in [0.15, 0.2) is 42.5 Å². The molecule has 2 aromatic carbocycles. The van der Waals surface area contributed by atoms with Gasteiger partial charge in [-0.15, -0.1) is 0 Å². The maximum absolute atomic E-state index is 14.7. The summed E-state index contributed by atoms with van der Waals surface area (Å²) in [6.07, 6.45) is 0.926. The zero-order chi connectivity index (χ0) is 21.5. The minimum atomic E-state index is -0.617. The van der Waals surface area contributed by atoms with Crippen LogP contribution in [0.5, 0.6) is 5.75 Å². The number of amides is 1. The number of fused-ring (bicyclic) bond motifs is 1. The van der Waals surface area contributed by atoms with Gasteiger partial charge in [0.2, 0.25) is 5.95 Å². The first-order valence-electron chi connectivity index (χ1n) is 10.4. The third kappa shape index (κ3) is 3.61. The number of halogens is 1. The highest BCUT2D eigenvalue weighted by atomic mass is 19.1. The van der Waals surface area contributed by atoms with E-state index < -0.39 is 5.95 Å². The van der Waals surface area contributed by atoms with Crippen LogP contribution in [0, 0.1) is 12.9 Å². The van der Waals surface area contributed by atoms with Gasteiger partial charge in [-0.1, -0.05) is 12.1 Å². The Labute approximate surface area is 179 Å². The number of nitrogens with zero attached hydrogens (tertiary/aromatic N) is 1. The standard InChI is InChI=1S/C24H23FN4O2/c1-13-8-20-15(6-7-28-24(20)30)9-18(13)21-10-19(22(25)29-23(21)26)14-2-4-16(5-3-14)31-17-11-27-12-17/h2-5,8-10,17,27H,6-7,11-12H2,1H3,(H2,26,29)(H,28,30). The third-order valence-electron chi connectivity index (χ3n) is 5.88. The van der Waals surface area contributed by atoms with Gasteiger partial charge < -0.3 is 21.1 Å². The maximum Gasteiger partial charge on any atom is 0.251 e. The number of hydrogen-bond acceptors (Lipinski definition) is 5. The first kappa shape index (κ1) is 19.5. The summed E-state index contributed by atoms with van der Waals surface area (Å²) >= 11 is 0. The lowest BCUT2D eigenvalue weighted by molar-refractivity contribution is 0.0946.